The first-order chi connectivity index (χ1) is 7.89. The molecule has 0 aliphatic heterocycles. The van der Waals surface area contributed by atoms with Crippen LogP contribution in [0.3, 0.4) is 0 Å². The number of anilines is 1. The van der Waals surface area contributed by atoms with Crippen molar-refractivity contribution >= 4 is 15.7 Å². The zero-order chi connectivity index (χ0) is 12.6. The van der Waals surface area contributed by atoms with Crippen LogP contribution in [-0.2, 0) is 17.1 Å². The molecule has 6 nitrogen and oxygen atoms in total. The fourth-order valence-electron chi connectivity index (χ4n) is 1.56. The van der Waals surface area contributed by atoms with E-state index in [4.69, 9.17) is 10.9 Å². The van der Waals surface area contributed by atoms with E-state index in [0.717, 1.165) is 0 Å². The smallest absolute Gasteiger partial charge is 0.240 e. The number of sulfonamides is 1. The van der Waals surface area contributed by atoms with Gasteiger partial charge in [0, 0.05) is 25.0 Å². The number of imidazole rings is 1. The van der Waals surface area contributed by atoms with Gasteiger partial charge >= 0.3 is 0 Å². The normalized spacial score (nSPS) is 11.6. The maximum Gasteiger partial charge on any atom is 0.240 e. The highest BCUT2D eigenvalue weighted by Gasteiger charge is 2.14. The summed E-state index contributed by atoms with van der Waals surface area (Å²) < 4.78 is 24.4. The van der Waals surface area contributed by atoms with Gasteiger partial charge < -0.3 is 10.3 Å². The quantitative estimate of drug-likeness (QED) is 0.751. The standard InChI is InChI=1S/C10H12N4O2S/c1-14-5-4-13-10(14)7-2-3-8(11)9(6-7)17(12,15)16/h2-6H,11H2,1H3,(H2,12,15,16). The molecule has 0 aliphatic carbocycles. The highest BCUT2D eigenvalue weighted by Crippen LogP contribution is 2.24. The maximum atomic E-state index is 11.3. The van der Waals surface area contributed by atoms with Gasteiger partial charge in [-0.05, 0) is 18.2 Å². The van der Waals surface area contributed by atoms with Gasteiger partial charge in [-0.25, -0.2) is 18.5 Å². The number of nitrogens with two attached hydrogens (primary N) is 2. The van der Waals surface area contributed by atoms with Crippen molar-refractivity contribution in [2.45, 2.75) is 4.90 Å². The summed E-state index contributed by atoms with van der Waals surface area (Å²) >= 11 is 0. The van der Waals surface area contributed by atoms with Crippen molar-refractivity contribution in [2.24, 2.45) is 12.2 Å². The summed E-state index contributed by atoms with van der Waals surface area (Å²) in [6, 6.07) is 4.63. The topological polar surface area (TPSA) is 104 Å². The molecule has 1 aromatic carbocycles. The molecule has 0 saturated heterocycles. The molecule has 90 valence electrons. The highest BCUT2D eigenvalue weighted by atomic mass is 32.2. The molecule has 0 saturated carbocycles. The van der Waals surface area contributed by atoms with E-state index in [1.165, 1.54) is 12.1 Å². The van der Waals surface area contributed by atoms with Crippen molar-refractivity contribution in [1.82, 2.24) is 9.55 Å². The number of rotatable bonds is 2. The van der Waals surface area contributed by atoms with Gasteiger partial charge in [0.25, 0.3) is 0 Å². The minimum absolute atomic E-state index is 0.0852. The molecule has 0 unspecified atom stereocenters. The van der Waals surface area contributed by atoms with Gasteiger partial charge in [-0.1, -0.05) is 0 Å². The monoisotopic (exact) mass is 252 g/mol. The first-order valence-electron chi connectivity index (χ1n) is 4.79. The molecule has 0 radical (unpaired) electrons. The lowest BCUT2D eigenvalue weighted by Crippen LogP contribution is -2.14. The fraction of sp³-hybridized carbons (Fsp3) is 0.100. The first-order valence-corrected chi connectivity index (χ1v) is 6.34. The largest absolute Gasteiger partial charge is 0.398 e. The second-order valence-electron chi connectivity index (χ2n) is 3.66. The van der Waals surface area contributed by atoms with Gasteiger partial charge in [0.15, 0.2) is 0 Å². The molecule has 0 bridgehead atoms. The molecule has 7 heteroatoms. The van der Waals surface area contributed by atoms with Gasteiger partial charge in [-0.15, -0.1) is 0 Å². The molecule has 4 N–H and O–H groups in total. The number of aryl methyl sites for hydroxylation is 1. The Morgan fingerprint density at radius 2 is 2.06 bits per heavy atom. The molecule has 0 aliphatic rings. The Kier molecular flexibility index (Phi) is 2.64. The molecule has 2 aromatic rings. The van der Waals surface area contributed by atoms with Crippen molar-refractivity contribution in [3.05, 3.63) is 30.6 Å². The van der Waals surface area contributed by atoms with Gasteiger partial charge in [-0.2, -0.15) is 0 Å². The number of nitrogen functional groups attached to an aromatic ring is 1. The zero-order valence-electron chi connectivity index (χ0n) is 9.16. The minimum Gasteiger partial charge on any atom is -0.398 e. The predicted octanol–water partition coefficient (Wildman–Crippen LogP) is 0.317. The van der Waals surface area contributed by atoms with Crippen LogP contribution in [0.4, 0.5) is 5.69 Å². The SMILES string of the molecule is Cn1ccnc1-c1ccc(N)c(S(N)(=O)=O)c1. The van der Waals surface area contributed by atoms with Gasteiger partial charge in [0.2, 0.25) is 10.0 Å². The lowest BCUT2D eigenvalue weighted by molar-refractivity contribution is 0.598. The fourth-order valence-corrected chi connectivity index (χ4v) is 2.25. The van der Waals surface area contributed by atoms with E-state index in [1.54, 1.807) is 23.0 Å². The molecule has 1 heterocycles. The van der Waals surface area contributed by atoms with Crippen LogP contribution in [0.1, 0.15) is 0 Å². The van der Waals surface area contributed by atoms with Crippen LogP contribution < -0.4 is 10.9 Å². The predicted molar refractivity (Wildman–Crippen MR) is 64.4 cm³/mol. The third kappa shape index (κ3) is 2.15. The first kappa shape index (κ1) is 11.6. The van der Waals surface area contributed by atoms with E-state index < -0.39 is 10.0 Å². The minimum atomic E-state index is -3.82. The van der Waals surface area contributed by atoms with Crippen LogP contribution in [0, 0.1) is 0 Å². The van der Waals surface area contributed by atoms with Crippen molar-refractivity contribution in [3.63, 3.8) is 0 Å². The van der Waals surface area contributed by atoms with Crippen LogP contribution in [0.5, 0.6) is 0 Å². The molecule has 0 amide bonds. The van der Waals surface area contributed by atoms with E-state index in [0.29, 0.717) is 11.4 Å². The Morgan fingerprint density at radius 3 is 2.59 bits per heavy atom. The summed E-state index contributed by atoms with van der Waals surface area (Å²) in [6.45, 7) is 0. The van der Waals surface area contributed by atoms with Crippen LogP contribution in [0.25, 0.3) is 11.4 Å². The van der Waals surface area contributed by atoms with Crippen molar-refractivity contribution < 1.29 is 8.42 Å². The highest BCUT2D eigenvalue weighted by molar-refractivity contribution is 7.89. The summed E-state index contributed by atoms with van der Waals surface area (Å²) in [5.41, 5.74) is 6.36. The van der Waals surface area contributed by atoms with Crippen LogP contribution >= 0.6 is 0 Å². The molecular formula is C10H12N4O2S. The van der Waals surface area contributed by atoms with Gasteiger partial charge in [-0.3, -0.25) is 0 Å². The van der Waals surface area contributed by atoms with Crippen LogP contribution in [0.15, 0.2) is 35.5 Å². The number of hydrogen-bond donors (Lipinski definition) is 2. The van der Waals surface area contributed by atoms with E-state index >= 15 is 0 Å². The van der Waals surface area contributed by atoms with Crippen molar-refractivity contribution in [2.75, 3.05) is 5.73 Å². The summed E-state index contributed by atoms with van der Waals surface area (Å²) in [7, 11) is -2.01. The Hall–Kier alpha value is -1.86. The van der Waals surface area contributed by atoms with E-state index in [-0.39, 0.29) is 10.6 Å². The Morgan fingerprint density at radius 1 is 1.35 bits per heavy atom. The number of hydrogen-bond acceptors (Lipinski definition) is 4. The number of nitrogens with zero attached hydrogens (tertiary/aromatic N) is 2. The summed E-state index contributed by atoms with van der Waals surface area (Å²) in [5, 5.41) is 5.08. The summed E-state index contributed by atoms with van der Waals surface area (Å²) in [4.78, 5) is 4.04. The molecule has 1 aromatic heterocycles. The van der Waals surface area contributed by atoms with Crippen LogP contribution in [-0.4, -0.2) is 18.0 Å². The van der Waals surface area contributed by atoms with E-state index in [1.807, 2.05) is 7.05 Å². The zero-order valence-corrected chi connectivity index (χ0v) is 9.98. The molecule has 0 atom stereocenters. The van der Waals surface area contributed by atoms with E-state index in [2.05, 4.69) is 4.98 Å². The Labute approximate surface area is 98.9 Å². The van der Waals surface area contributed by atoms with Crippen LogP contribution in [0.2, 0.25) is 0 Å². The molecule has 0 spiro atoms. The number of benzene rings is 1. The average Bonchev–Trinajstić information content (AvgIpc) is 2.63. The Balaban J connectivity index is 2.64. The van der Waals surface area contributed by atoms with Gasteiger partial charge in [0.1, 0.15) is 10.7 Å². The van der Waals surface area contributed by atoms with Crippen molar-refractivity contribution in [3.8, 4) is 11.4 Å². The van der Waals surface area contributed by atoms with Crippen molar-refractivity contribution in [1.29, 1.82) is 0 Å². The average molecular weight is 252 g/mol. The molecule has 2 rings (SSSR count). The molecule has 0 fully saturated rings. The third-order valence-electron chi connectivity index (χ3n) is 2.40. The second kappa shape index (κ2) is 3.86. The summed E-state index contributed by atoms with van der Waals surface area (Å²) in [5.74, 6) is 0.648. The number of aromatic nitrogens is 2. The third-order valence-corrected chi connectivity index (χ3v) is 3.37. The maximum absolute atomic E-state index is 11.3. The second-order valence-corrected chi connectivity index (χ2v) is 5.19. The lowest BCUT2D eigenvalue weighted by Gasteiger charge is -2.06. The van der Waals surface area contributed by atoms with Gasteiger partial charge in [0.05, 0.1) is 5.69 Å². The van der Waals surface area contributed by atoms with E-state index in [9.17, 15) is 8.42 Å². The number of primary sulfonamides is 1. The lowest BCUT2D eigenvalue weighted by atomic mass is 10.2. The molecular weight excluding hydrogens is 240 g/mol. The molecule has 17 heavy (non-hydrogen) atoms. The summed E-state index contributed by atoms with van der Waals surface area (Å²) in [6.07, 6.45) is 3.39. The Bertz CT molecular complexity index is 661.